The molecule has 6 nitrogen and oxygen atoms in total. The van der Waals surface area contributed by atoms with Crippen molar-refractivity contribution in [2.45, 2.75) is 0 Å². The molecule has 0 fully saturated rings. The second-order valence-electron chi connectivity index (χ2n) is 3.43. The number of rotatable bonds is 3. The molecular weight excluding hydrogens is 239 g/mol. The molecular formula is C11H9FN4O2. The van der Waals surface area contributed by atoms with Crippen molar-refractivity contribution in [3.8, 4) is 11.3 Å². The Morgan fingerprint density at radius 1 is 1.28 bits per heavy atom. The lowest BCUT2D eigenvalue weighted by atomic mass is 10.1. The molecule has 0 saturated heterocycles. The van der Waals surface area contributed by atoms with Gasteiger partial charge in [0.1, 0.15) is 12.1 Å². The van der Waals surface area contributed by atoms with Gasteiger partial charge in [-0.15, -0.1) is 0 Å². The zero-order valence-electron chi connectivity index (χ0n) is 9.42. The molecule has 1 aromatic carbocycles. The van der Waals surface area contributed by atoms with Crippen LogP contribution in [0.1, 0.15) is 0 Å². The van der Waals surface area contributed by atoms with Gasteiger partial charge in [0.15, 0.2) is 5.69 Å². The Bertz CT molecular complexity index is 586. The van der Waals surface area contributed by atoms with E-state index in [4.69, 9.17) is 0 Å². The predicted molar refractivity (Wildman–Crippen MR) is 63.6 cm³/mol. The lowest BCUT2D eigenvalue weighted by Gasteiger charge is -2.05. The molecule has 1 heterocycles. The third-order valence-electron chi connectivity index (χ3n) is 2.36. The zero-order chi connectivity index (χ0) is 13.1. The topological polar surface area (TPSA) is 81.0 Å². The highest BCUT2D eigenvalue weighted by Gasteiger charge is 2.22. The lowest BCUT2D eigenvalue weighted by molar-refractivity contribution is -0.383. The first kappa shape index (κ1) is 11.9. The summed E-state index contributed by atoms with van der Waals surface area (Å²) < 4.78 is 12.8. The number of hydrogen-bond donors (Lipinski definition) is 1. The van der Waals surface area contributed by atoms with Crippen LogP contribution in [0.15, 0.2) is 30.6 Å². The fraction of sp³-hybridized carbons (Fsp3) is 0.0909. The van der Waals surface area contributed by atoms with E-state index in [1.807, 2.05) is 0 Å². The minimum Gasteiger partial charge on any atom is -0.367 e. The van der Waals surface area contributed by atoms with Crippen molar-refractivity contribution in [3.05, 3.63) is 46.5 Å². The zero-order valence-corrected chi connectivity index (χ0v) is 9.42. The van der Waals surface area contributed by atoms with Gasteiger partial charge in [-0.1, -0.05) is 0 Å². The van der Waals surface area contributed by atoms with Gasteiger partial charge in [-0.2, -0.15) is 0 Å². The van der Waals surface area contributed by atoms with Gasteiger partial charge in [-0.3, -0.25) is 10.1 Å². The molecule has 0 saturated carbocycles. The Morgan fingerprint density at radius 3 is 2.50 bits per heavy atom. The van der Waals surface area contributed by atoms with E-state index in [2.05, 4.69) is 15.3 Å². The molecule has 0 aliphatic rings. The smallest absolute Gasteiger partial charge is 0.337 e. The Hall–Kier alpha value is -2.57. The van der Waals surface area contributed by atoms with Crippen LogP contribution in [0.4, 0.5) is 15.9 Å². The van der Waals surface area contributed by atoms with E-state index in [1.54, 1.807) is 0 Å². The van der Waals surface area contributed by atoms with Crippen molar-refractivity contribution in [1.82, 2.24) is 9.97 Å². The van der Waals surface area contributed by atoms with Gasteiger partial charge < -0.3 is 5.32 Å². The summed E-state index contributed by atoms with van der Waals surface area (Å²) in [5, 5.41) is 13.7. The number of nitro groups is 1. The van der Waals surface area contributed by atoms with Crippen molar-refractivity contribution in [1.29, 1.82) is 0 Å². The molecule has 0 aliphatic carbocycles. The molecule has 7 heteroatoms. The summed E-state index contributed by atoms with van der Waals surface area (Å²) >= 11 is 0. The van der Waals surface area contributed by atoms with Gasteiger partial charge >= 0.3 is 5.69 Å². The van der Waals surface area contributed by atoms with E-state index in [0.29, 0.717) is 5.56 Å². The molecule has 0 atom stereocenters. The number of benzene rings is 1. The van der Waals surface area contributed by atoms with E-state index < -0.39 is 10.7 Å². The van der Waals surface area contributed by atoms with Crippen LogP contribution in [0.2, 0.25) is 0 Å². The highest BCUT2D eigenvalue weighted by molar-refractivity contribution is 5.76. The molecule has 0 bridgehead atoms. The molecule has 1 N–H and O–H groups in total. The number of halogens is 1. The first-order valence-electron chi connectivity index (χ1n) is 5.06. The van der Waals surface area contributed by atoms with Crippen LogP contribution in [-0.4, -0.2) is 21.9 Å². The van der Waals surface area contributed by atoms with E-state index in [9.17, 15) is 14.5 Å². The maximum atomic E-state index is 12.8. The van der Waals surface area contributed by atoms with Gasteiger partial charge in [0.25, 0.3) is 0 Å². The molecule has 92 valence electrons. The normalized spacial score (nSPS) is 10.1. The van der Waals surface area contributed by atoms with Crippen LogP contribution in [-0.2, 0) is 0 Å². The SMILES string of the molecule is CNc1ncnc(-c2ccc(F)cc2)c1[N+](=O)[O-]. The van der Waals surface area contributed by atoms with Crippen LogP contribution < -0.4 is 5.32 Å². The standard InChI is InChI=1S/C11H9FN4O2/c1-13-11-10(16(17)18)9(14-6-15-11)7-2-4-8(12)5-3-7/h2-6H,1H3,(H,13,14,15). The van der Waals surface area contributed by atoms with Gasteiger partial charge in [-0.05, 0) is 24.3 Å². The van der Waals surface area contributed by atoms with Crippen molar-refractivity contribution in [2.75, 3.05) is 12.4 Å². The molecule has 18 heavy (non-hydrogen) atoms. The van der Waals surface area contributed by atoms with Crippen LogP contribution in [0, 0.1) is 15.9 Å². The van der Waals surface area contributed by atoms with Crippen LogP contribution in [0.5, 0.6) is 0 Å². The molecule has 0 aliphatic heterocycles. The third kappa shape index (κ3) is 2.10. The lowest BCUT2D eigenvalue weighted by Crippen LogP contribution is -2.03. The van der Waals surface area contributed by atoms with Gasteiger partial charge in [-0.25, -0.2) is 14.4 Å². The summed E-state index contributed by atoms with van der Waals surface area (Å²) in [6.07, 6.45) is 1.22. The number of nitrogens with zero attached hydrogens (tertiary/aromatic N) is 3. The summed E-state index contributed by atoms with van der Waals surface area (Å²) in [4.78, 5) is 18.2. The number of nitrogens with one attached hydrogen (secondary N) is 1. The molecule has 0 unspecified atom stereocenters. The molecule has 0 spiro atoms. The highest BCUT2D eigenvalue weighted by atomic mass is 19.1. The first-order valence-corrected chi connectivity index (χ1v) is 5.06. The fourth-order valence-electron chi connectivity index (χ4n) is 1.55. The monoisotopic (exact) mass is 248 g/mol. The first-order chi connectivity index (χ1) is 8.63. The Labute approximate surface area is 102 Å². The molecule has 2 aromatic rings. The Balaban J connectivity index is 2.63. The summed E-state index contributed by atoms with van der Waals surface area (Å²) in [7, 11) is 1.53. The summed E-state index contributed by atoms with van der Waals surface area (Å²) in [6.45, 7) is 0. The number of anilines is 1. The number of aromatic nitrogens is 2. The average molecular weight is 248 g/mol. The fourth-order valence-corrected chi connectivity index (χ4v) is 1.55. The van der Waals surface area contributed by atoms with Crippen molar-refractivity contribution < 1.29 is 9.31 Å². The van der Waals surface area contributed by atoms with Crippen molar-refractivity contribution >= 4 is 11.5 Å². The van der Waals surface area contributed by atoms with Crippen molar-refractivity contribution in [3.63, 3.8) is 0 Å². The summed E-state index contributed by atoms with van der Waals surface area (Å²) in [5.74, 6) is -0.293. The van der Waals surface area contributed by atoms with Crippen molar-refractivity contribution in [2.24, 2.45) is 0 Å². The Kier molecular flexibility index (Phi) is 3.13. The second-order valence-corrected chi connectivity index (χ2v) is 3.43. The second kappa shape index (κ2) is 4.74. The average Bonchev–Trinajstić information content (AvgIpc) is 2.38. The minimum absolute atomic E-state index is 0.120. The van der Waals surface area contributed by atoms with E-state index in [0.717, 1.165) is 0 Å². The van der Waals surface area contributed by atoms with Gasteiger partial charge in [0.05, 0.1) is 4.92 Å². The number of hydrogen-bond acceptors (Lipinski definition) is 5. The quantitative estimate of drug-likeness (QED) is 0.665. The maximum Gasteiger partial charge on any atom is 0.337 e. The molecule has 1 aromatic heterocycles. The van der Waals surface area contributed by atoms with Crippen LogP contribution in [0.3, 0.4) is 0 Å². The van der Waals surface area contributed by atoms with Gasteiger partial charge in [0.2, 0.25) is 5.82 Å². The Morgan fingerprint density at radius 2 is 1.94 bits per heavy atom. The molecule has 0 radical (unpaired) electrons. The van der Waals surface area contributed by atoms with Crippen LogP contribution in [0.25, 0.3) is 11.3 Å². The van der Waals surface area contributed by atoms with Crippen LogP contribution >= 0.6 is 0 Å². The van der Waals surface area contributed by atoms with E-state index in [1.165, 1.54) is 37.6 Å². The van der Waals surface area contributed by atoms with Gasteiger partial charge in [0, 0.05) is 12.6 Å². The predicted octanol–water partition coefficient (Wildman–Crippen LogP) is 2.23. The highest BCUT2D eigenvalue weighted by Crippen LogP contribution is 2.32. The summed E-state index contributed by atoms with van der Waals surface area (Å²) in [5.41, 5.74) is 0.382. The summed E-state index contributed by atoms with van der Waals surface area (Å²) in [6, 6.07) is 5.31. The third-order valence-corrected chi connectivity index (χ3v) is 2.36. The molecule has 2 rings (SSSR count). The van der Waals surface area contributed by atoms with E-state index >= 15 is 0 Å². The maximum absolute atomic E-state index is 12.8. The molecule has 0 amide bonds. The minimum atomic E-state index is -0.565. The largest absolute Gasteiger partial charge is 0.367 e. The van der Waals surface area contributed by atoms with E-state index in [-0.39, 0.29) is 17.2 Å².